The highest BCUT2D eigenvalue weighted by Gasteiger charge is 2.36. The number of ketones is 1. The van der Waals surface area contributed by atoms with Crippen LogP contribution in [0.25, 0.3) is 10.1 Å². The number of thiophene rings is 1. The van der Waals surface area contributed by atoms with Gasteiger partial charge in [-0.2, -0.15) is 0 Å². The summed E-state index contributed by atoms with van der Waals surface area (Å²) in [6.07, 6.45) is -16.5. The fraction of sp³-hybridized carbons (Fsp3) is 0.663. The van der Waals surface area contributed by atoms with Crippen LogP contribution in [0.5, 0.6) is 23.0 Å². The second-order valence-electron chi connectivity index (χ2n) is 30.7. The Balaban J connectivity index is 0.831. The molecule has 1 aromatic heterocycles. The van der Waals surface area contributed by atoms with Crippen molar-refractivity contribution in [2.45, 2.75) is 158 Å². The minimum Gasteiger partial charge on any atom is -0.493 e. The number of aliphatic hydroxyl groups is 10. The lowest BCUT2D eigenvalue weighted by atomic mass is 10.0. The van der Waals surface area contributed by atoms with E-state index in [4.69, 9.17) is 86.4 Å². The van der Waals surface area contributed by atoms with Crippen LogP contribution in [-0.4, -0.2) is 422 Å². The van der Waals surface area contributed by atoms with Gasteiger partial charge in [-0.3, -0.25) is 67.2 Å². The smallest absolute Gasteiger partial charge is 0.306 e. The number of carbonyl (C=O) groups excluding carboxylic acids is 12. The Bertz CT molecular complexity index is 4280. The average molecular weight is 1980 g/mol. The largest absolute Gasteiger partial charge is 0.493 e. The number of esters is 1. The molecule has 0 saturated carbocycles. The molecule has 18 N–H and O–H groups in total. The summed E-state index contributed by atoms with van der Waals surface area (Å²) < 4.78 is 115. The van der Waals surface area contributed by atoms with Gasteiger partial charge in [-0.1, -0.05) is 0 Å². The first kappa shape index (κ1) is 117. The van der Waals surface area contributed by atoms with Gasteiger partial charge in [-0.25, -0.2) is 8.78 Å². The predicted octanol–water partition coefficient (Wildman–Crippen LogP) is -5.50. The quantitative estimate of drug-likeness (QED) is 0.0108. The van der Waals surface area contributed by atoms with Gasteiger partial charge >= 0.3 is 11.9 Å². The molecule has 772 valence electrons. The molecule has 137 heavy (non-hydrogen) atoms. The van der Waals surface area contributed by atoms with Crippen molar-refractivity contribution < 1.29 is 198 Å². The van der Waals surface area contributed by atoms with E-state index in [1.165, 1.54) is 31.3 Å². The van der Waals surface area contributed by atoms with E-state index in [-0.39, 0.29) is 261 Å². The van der Waals surface area contributed by atoms with Gasteiger partial charge in [0.05, 0.1) is 209 Å². The van der Waals surface area contributed by atoms with Crippen molar-refractivity contribution in [2.75, 3.05) is 212 Å². The Morgan fingerprint density at radius 2 is 0.869 bits per heavy atom. The standard InChI is InChI=1S/C86H129F2N9O39S/c1-52(136-76(115)14-7-58(100)66-42-54-65(137-66)43-64(123-3)84(77(54)87)135-20-4-19-134-83-63(122-2)41-53-47-96(48-55(53)78(83)88)72(110)12-13-75(113)114)44-91-69(107)15-21-124-25-27-126-23-17-89-67(105)8-5-56(95-71(109)49-97-73(111)10-11-74(97)112)85(120)90-18-24-127-28-30-129-32-34-131-36-38-133-40-39-132-37-35-130-33-31-128-29-26-125-22-16-70(108)94-57(86(121)93-46-60(102)80(117)82(119)62(104)51-99)6-9-68(106)92-45-59(101)79(116)81(118)61(103)50-98/h10-11,41-43,52,56-57,59-62,79-82,98-99,101-104,116-119H,4-9,12-40,44-51H2,1-3H3,(H,89,105)(H,90,120)(H,91,107)(H,92,106)(H,93,121)(H,94,108)(H,95,109)(H,113,114)/t52-,56-,57-,59-,60-,61+,62+,79+,80+,81+,82+/m0/s1. The second kappa shape index (κ2) is 66.5. The van der Waals surface area contributed by atoms with Crippen LogP contribution in [0, 0.1) is 11.6 Å². The summed E-state index contributed by atoms with van der Waals surface area (Å²) in [6, 6.07) is 1.72. The molecule has 2 aromatic carbocycles. The predicted molar refractivity (Wildman–Crippen MR) is 470 cm³/mol. The summed E-state index contributed by atoms with van der Waals surface area (Å²) in [5.41, 5.74) is 0.704. The van der Waals surface area contributed by atoms with Crippen LogP contribution in [0.4, 0.5) is 8.78 Å². The first-order valence-electron chi connectivity index (χ1n) is 44.3. The number of halogens is 2. The van der Waals surface area contributed by atoms with Crippen molar-refractivity contribution in [3.05, 3.63) is 58.0 Å². The zero-order valence-corrected chi connectivity index (χ0v) is 77.4. The number of ether oxygens (including phenoxy) is 15. The van der Waals surface area contributed by atoms with Crippen LogP contribution < -0.4 is 56.2 Å². The van der Waals surface area contributed by atoms with Crippen molar-refractivity contribution in [2.24, 2.45) is 0 Å². The van der Waals surface area contributed by atoms with Gasteiger partial charge in [-0.15, -0.1) is 11.3 Å². The van der Waals surface area contributed by atoms with E-state index in [9.17, 15) is 103 Å². The van der Waals surface area contributed by atoms with Crippen LogP contribution in [-0.2, 0) is 123 Å². The third-order valence-electron chi connectivity index (χ3n) is 20.2. The van der Waals surface area contributed by atoms with Crippen LogP contribution in [0.15, 0.2) is 30.4 Å². The number of hydrogen-bond donors (Lipinski definition) is 18. The third kappa shape index (κ3) is 44.7. The maximum Gasteiger partial charge on any atom is 0.306 e. The molecule has 10 amide bonds. The van der Waals surface area contributed by atoms with E-state index in [2.05, 4.69) is 37.2 Å². The molecule has 0 saturated heterocycles. The number of hydrogen-bond acceptors (Lipinski definition) is 39. The molecular formula is C86H129F2N9O39S. The molecule has 0 spiro atoms. The van der Waals surface area contributed by atoms with Crippen LogP contribution >= 0.6 is 11.3 Å². The van der Waals surface area contributed by atoms with E-state index in [0.29, 0.717) is 35.0 Å². The number of nitrogens with one attached hydrogen (secondary N) is 7. The Morgan fingerprint density at radius 1 is 0.445 bits per heavy atom. The number of imide groups is 1. The van der Waals surface area contributed by atoms with Gasteiger partial charge in [0.15, 0.2) is 40.4 Å². The van der Waals surface area contributed by atoms with E-state index in [1.807, 2.05) is 0 Å². The number of benzene rings is 2. The first-order chi connectivity index (χ1) is 65.7. The third-order valence-corrected chi connectivity index (χ3v) is 21.3. The molecule has 0 fully saturated rings. The number of nitrogens with zero attached hydrogens (tertiary/aromatic N) is 2. The fourth-order valence-corrected chi connectivity index (χ4v) is 13.6. The highest BCUT2D eigenvalue weighted by atomic mass is 32.1. The number of aliphatic hydroxyl groups excluding tert-OH is 10. The maximum atomic E-state index is 16.0. The molecule has 11 atom stereocenters. The fourth-order valence-electron chi connectivity index (χ4n) is 12.6. The van der Waals surface area contributed by atoms with Crippen molar-refractivity contribution >= 4 is 98.2 Å². The number of amides is 10. The number of rotatable bonds is 78. The summed E-state index contributed by atoms with van der Waals surface area (Å²) in [7, 11) is 2.64. The Kier molecular flexibility index (Phi) is 57.0. The lowest BCUT2D eigenvalue weighted by molar-refractivity contribution is -0.148. The molecule has 0 bridgehead atoms. The zero-order chi connectivity index (χ0) is 101. The molecule has 0 aliphatic carbocycles. The highest BCUT2D eigenvalue weighted by molar-refractivity contribution is 7.20. The minimum absolute atomic E-state index is 0.00756. The molecule has 2 aliphatic rings. The van der Waals surface area contributed by atoms with Crippen LogP contribution in [0.2, 0.25) is 0 Å². The zero-order valence-electron chi connectivity index (χ0n) is 76.6. The lowest BCUT2D eigenvalue weighted by Crippen LogP contribution is -2.53. The summed E-state index contributed by atoms with van der Waals surface area (Å²) in [5, 5.41) is 124. The first-order valence-corrected chi connectivity index (χ1v) is 45.1. The molecule has 3 aromatic rings. The number of carboxylic acids is 1. The SMILES string of the molecule is COc1cc2c(c(F)c1OCCCOc1c(OC)cc3sc(C(=O)CCC(=O)O[C@@H](C)CNC(=O)CCOCCOCCNC(=O)CC[C@H](NC(=O)CN4C(=O)C=CC4=O)C(=O)NCCOCCOCCOCCOCCOCCOCCOCCOCCC(=O)N[C@@H](CCC(=O)NC[C@H](O)[C@@H](O)[C@H](O)[C@H](O)CO)C(=O)NC[C@H](O)[C@@H](O)[C@H](O)[C@H](O)CO)cc3c1F)CN(C(=O)CCC(=O)O)C2. The van der Waals surface area contributed by atoms with Gasteiger partial charge < -0.3 is 169 Å². The number of carboxylic acid groups (broad SMARTS) is 1. The number of Topliss-reactive ketones (excluding diaryl/α,β-unsaturated/α-hetero) is 1. The van der Waals surface area contributed by atoms with Crippen molar-refractivity contribution in [1.82, 2.24) is 47.0 Å². The van der Waals surface area contributed by atoms with Gasteiger partial charge in [0.2, 0.25) is 47.3 Å². The molecule has 51 heteroatoms. The molecule has 3 heterocycles. The van der Waals surface area contributed by atoms with Gasteiger partial charge in [0.1, 0.15) is 61.4 Å². The van der Waals surface area contributed by atoms with Crippen molar-refractivity contribution in [1.29, 1.82) is 0 Å². The van der Waals surface area contributed by atoms with E-state index < -0.39 is 195 Å². The van der Waals surface area contributed by atoms with Gasteiger partial charge in [-0.05, 0) is 37.5 Å². The van der Waals surface area contributed by atoms with Crippen LogP contribution in [0.3, 0.4) is 0 Å². The second-order valence-corrected chi connectivity index (χ2v) is 31.7. The Morgan fingerprint density at radius 3 is 1.36 bits per heavy atom. The van der Waals surface area contributed by atoms with Crippen molar-refractivity contribution in [3.8, 4) is 23.0 Å². The van der Waals surface area contributed by atoms with E-state index >= 15 is 8.78 Å². The number of fused-ring (bicyclic) bond motifs is 2. The molecular weight excluding hydrogens is 1850 g/mol. The average Bonchev–Trinajstić information content (AvgIpc) is 1.63. The molecule has 5 rings (SSSR count). The monoisotopic (exact) mass is 1980 g/mol. The number of methoxy groups -OCH3 is 2. The molecule has 48 nitrogen and oxygen atoms in total. The number of carbonyl (C=O) groups is 13. The van der Waals surface area contributed by atoms with Gasteiger partial charge in [0, 0.05) is 118 Å². The highest BCUT2D eigenvalue weighted by Crippen LogP contribution is 2.42. The Labute approximate surface area is 791 Å². The number of aliphatic carboxylic acids is 1. The Hall–Kier alpha value is -10.1. The van der Waals surface area contributed by atoms with E-state index in [0.717, 1.165) is 23.5 Å². The minimum atomic E-state index is -2.01. The molecule has 0 radical (unpaired) electrons. The van der Waals surface area contributed by atoms with Crippen molar-refractivity contribution in [3.63, 3.8) is 0 Å². The summed E-state index contributed by atoms with van der Waals surface area (Å²) >= 11 is 0.985. The van der Waals surface area contributed by atoms with Crippen LogP contribution in [0.1, 0.15) is 98.4 Å². The summed E-state index contributed by atoms with van der Waals surface area (Å²) in [5.74, 6) is -10.8. The molecule has 2 aliphatic heterocycles. The summed E-state index contributed by atoms with van der Waals surface area (Å²) in [4.78, 5) is 166. The van der Waals surface area contributed by atoms with E-state index in [1.54, 1.807) is 13.0 Å². The normalized spacial score (nSPS) is 14.8. The maximum absolute atomic E-state index is 16.0. The lowest BCUT2D eigenvalue weighted by Gasteiger charge is -2.26. The topological polar surface area (TPSA) is 674 Å². The van der Waals surface area contributed by atoms with Gasteiger partial charge in [0.25, 0.3) is 11.8 Å². The summed E-state index contributed by atoms with van der Waals surface area (Å²) in [6.45, 7) is 0.945. The molecule has 0 unspecified atom stereocenters.